The van der Waals surface area contributed by atoms with Crippen molar-refractivity contribution in [1.82, 2.24) is 10.6 Å². The summed E-state index contributed by atoms with van der Waals surface area (Å²) in [5, 5.41) is 6.06. The number of morpholine rings is 1. The van der Waals surface area contributed by atoms with Crippen LogP contribution in [0.2, 0.25) is 0 Å². The van der Waals surface area contributed by atoms with Crippen LogP contribution in [0.5, 0.6) is 0 Å². The van der Waals surface area contributed by atoms with E-state index < -0.39 is 0 Å². The van der Waals surface area contributed by atoms with E-state index in [0.29, 0.717) is 19.3 Å². The summed E-state index contributed by atoms with van der Waals surface area (Å²) in [6, 6.07) is 0.320. The predicted octanol–water partition coefficient (Wildman–Crippen LogP) is -0.747. The molecule has 1 heterocycles. The van der Waals surface area contributed by atoms with E-state index in [1.54, 1.807) is 0 Å². The molecule has 4 heteroatoms. The molecule has 0 spiro atoms. The number of carbonyl (C=O) groups excluding carboxylic acids is 1. The number of ether oxygens (including phenoxy) is 1. The molecule has 0 radical (unpaired) electrons. The Kier molecular flexibility index (Phi) is 2.28. The second kappa shape index (κ2) is 3.41. The molecule has 4 nitrogen and oxygen atoms in total. The lowest BCUT2D eigenvalue weighted by molar-refractivity contribution is -0.126. The van der Waals surface area contributed by atoms with Gasteiger partial charge in [-0.3, -0.25) is 4.79 Å². The summed E-state index contributed by atoms with van der Waals surface area (Å²) in [6.45, 7) is 2.01. The van der Waals surface area contributed by atoms with Crippen LogP contribution in [-0.4, -0.2) is 37.7 Å². The second-order valence-electron chi connectivity index (χ2n) is 3.36. The van der Waals surface area contributed by atoms with Crippen LogP contribution in [0.25, 0.3) is 0 Å². The molecule has 0 aromatic rings. The molecule has 1 aliphatic carbocycles. The predicted molar refractivity (Wildman–Crippen MR) is 43.8 cm³/mol. The van der Waals surface area contributed by atoms with Gasteiger partial charge >= 0.3 is 0 Å². The maximum atomic E-state index is 11.4. The van der Waals surface area contributed by atoms with Gasteiger partial charge in [-0.1, -0.05) is 0 Å². The van der Waals surface area contributed by atoms with Gasteiger partial charge in [-0.2, -0.15) is 0 Å². The number of rotatable bonds is 2. The molecule has 68 valence electrons. The van der Waals surface area contributed by atoms with E-state index in [0.717, 1.165) is 19.4 Å². The van der Waals surface area contributed by atoms with Crippen LogP contribution in [0.1, 0.15) is 12.8 Å². The van der Waals surface area contributed by atoms with Crippen LogP contribution in [0, 0.1) is 0 Å². The lowest BCUT2D eigenvalue weighted by Gasteiger charge is -2.22. The highest BCUT2D eigenvalue weighted by Crippen LogP contribution is 2.18. The Morgan fingerprint density at radius 1 is 1.50 bits per heavy atom. The maximum absolute atomic E-state index is 11.4. The first-order chi connectivity index (χ1) is 5.86. The van der Waals surface area contributed by atoms with Gasteiger partial charge in [0.1, 0.15) is 6.04 Å². The summed E-state index contributed by atoms with van der Waals surface area (Å²) >= 11 is 0. The average Bonchev–Trinajstić information content (AvgIpc) is 2.90. The summed E-state index contributed by atoms with van der Waals surface area (Å²) < 4.78 is 5.18. The van der Waals surface area contributed by atoms with Gasteiger partial charge in [-0.25, -0.2) is 0 Å². The third kappa shape index (κ3) is 1.95. The summed E-state index contributed by atoms with van der Waals surface area (Å²) in [5.74, 6) is 0.0946. The first kappa shape index (κ1) is 8.01. The Morgan fingerprint density at radius 3 is 2.92 bits per heavy atom. The monoisotopic (exact) mass is 170 g/mol. The van der Waals surface area contributed by atoms with Crippen LogP contribution < -0.4 is 10.6 Å². The van der Waals surface area contributed by atoms with E-state index in [2.05, 4.69) is 10.6 Å². The van der Waals surface area contributed by atoms with Gasteiger partial charge in [0, 0.05) is 12.6 Å². The van der Waals surface area contributed by atoms with Gasteiger partial charge in [0.05, 0.1) is 13.2 Å². The molecule has 0 aromatic carbocycles. The van der Waals surface area contributed by atoms with Crippen molar-refractivity contribution in [2.45, 2.75) is 24.9 Å². The van der Waals surface area contributed by atoms with Crippen molar-refractivity contribution in [3.05, 3.63) is 0 Å². The minimum absolute atomic E-state index is 0.0946. The molecule has 1 saturated heterocycles. The highest BCUT2D eigenvalue weighted by molar-refractivity contribution is 5.82. The maximum Gasteiger partial charge on any atom is 0.239 e. The molecule has 1 saturated carbocycles. The van der Waals surface area contributed by atoms with Gasteiger partial charge in [-0.15, -0.1) is 0 Å². The normalized spacial score (nSPS) is 29.8. The van der Waals surface area contributed by atoms with E-state index in [1.807, 2.05) is 0 Å². The van der Waals surface area contributed by atoms with Gasteiger partial charge in [0.15, 0.2) is 0 Å². The molecular formula is C8H14N2O2. The standard InChI is InChI=1S/C8H14N2O2/c11-8(10-6-1-2-6)7-5-12-4-3-9-7/h6-7,9H,1-5H2,(H,10,11). The third-order valence-electron chi connectivity index (χ3n) is 2.16. The first-order valence-electron chi connectivity index (χ1n) is 4.48. The molecule has 0 aromatic heterocycles. The van der Waals surface area contributed by atoms with Crippen molar-refractivity contribution in [2.24, 2.45) is 0 Å². The van der Waals surface area contributed by atoms with Crippen LogP contribution in [0.3, 0.4) is 0 Å². The molecule has 0 bridgehead atoms. The Bertz CT molecular complexity index is 174. The van der Waals surface area contributed by atoms with E-state index in [1.165, 1.54) is 0 Å². The number of carbonyl (C=O) groups is 1. The molecule has 2 fully saturated rings. The second-order valence-corrected chi connectivity index (χ2v) is 3.36. The van der Waals surface area contributed by atoms with Gasteiger partial charge in [-0.05, 0) is 12.8 Å². The van der Waals surface area contributed by atoms with Crippen molar-refractivity contribution in [3.8, 4) is 0 Å². The quantitative estimate of drug-likeness (QED) is 0.573. The summed E-state index contributed by atoms with van der Waals surface area (Å²) in [5.41, 5.74) is 0. The van der Waals surface area contributed by atoms with E-state index >= 15 is 0 Å². The Labute approximate surface area is 71.7 Å². The molecule has 2 rings (SSSR count). The largest absolute Gasteiger partial charge is 0.378 e. The topological polar surface area (TPSA) is 50.4 Å². The van der Waals surface area contributed by atoms with Crippen LogP contribution in [-0.2, 0) is 9.53 Å². The SMILES string of the molecule is O=C(NC1CC1)C1COCCN1. The van der Waals surface area contributed by atoms with Crippen molar-refractivity contribution in [1.29, 1.82) is 0 Å². The fourth-order valence-electron chi connectivity index (χ4n) is 1.26. The molecule has 1 atom stereocenters. The zero-order chi connectivity index (χ0) is 8.39. The molecule has 1 amide bonds. The van der Waals surface area contributed by atoms with E-state index in [9.17, 15) is 4.79 Å². The van der Waals surface area contributed by atoms with Crippen LogP contribution >= 0.6 is 0 Å². The fraction of sp³-hybridized carbons (Fsp3) is 0.875. The average molecular weight is 170 g/mol. The highest BCUT2D eigenvalue weighted by Gasteiger charge is 2.28. The Balaban J connectivity index is 1.76. The Hall–Kier alpha value is -0.610. The van der Waals surface area contributed by atoms with Crippen molar-refractivity contribution in [3.63, 3.8) is 0 Å². The van der Waals surface area contributed by atoms with Gasteiger partial charge in [0.2, 0.25) is 5.91 Å². The van der Waals surface area contributed by atoms with Crippen molar-refractivity contribution >= 4 is 5.91 Å². The zero-order valence-electron chi connectivity index (χ0n) is 7.01. The Morgan fingerprint density at radius 2 is 2.33 bits per heavy atom. The summed E-state index contributed by atoms with van der Waals surface area (Å²) in [7, 11) is 0. The molecule has 2 N–H and O–H groups in total. The van der Waals surface area contributed by atoms with Gasteiger partial charge in [0.25, 0.3) is 0 Å². The zero-order valence-corrected chi connectivity index (χ0v) is 7.01. The van der Waals surface area contributed by atoms with Crippen LogP contribution in [0.15, 0.2) is 0 Å². The number of hydrogen-bond donors (Lipinski definition) is 2. The molecule has 1 unspecified atom stereocenters. The molecule has 1 aliphatic heterocycles. The third-order valence-corrected chi connectivity index (χ3v) is 2.16. The molecule has 12 heavy (non-hydrogen) atoms. The highest BCUT2D eigenvalue weighted by atomic mass is 16.5. The van der Waals surface area contributed by atoms with Crippen LogP contribution in [0.4, 0.5) is 0 Å². The molecule has 2 aliphatic rings. The number of hydrogen-bond acceptors (Lipinski definition) is 3. The number of amides is 1. The van der Waals surface area contributed by atoms with E-state index in [4.69, 9.17) is 4.74 Å². The fourth-order valence-corrected chi connectivity index (χ4v) is 1.26. The number of nitrogens with one attached hydrogen (secondary N) is 2. The summed E-state index contributed by atoms with van der Waals surface area (Å²) in [6.07, 6.45) is 2.28. The minimum Gasteiger partial charge on any atom is -0.378 e. The minimum atomic E-state index is -0.126. The smallest absolute Gasteiger partial charge is 0.239 e. The van der Waals surface area contributed by atoms with E-state index in [-0.39, 0.29) is 11.9 Å². The van der Waals surface area contributed by atoms with Crippen molar-refractivity contribution in [2.75, 3.05) is 19.8 Å². The van der Waals surface area contributed by atoms with Crippen molar-refractivity contribution < 1.29 is 9.53 Å². The lowest BCUT2D eigenvalue weighted by Crippen LogP contribution is -2.51. The van der Waals surface area contributed by atoms with Gasteiger partial charge < -0.3 is 15.4 Å². The summed E-state index contributed by atoms with van der Waals surface area (Å²) in [4.78, 5) is 11.4. The lowest BCUT2D eigenvalue weighted by atomic mass is 10.2. The first-order valence-corrected chi connectivity index (χ1v) is 4.48. The molecular weight excluding hydrogens is 156 g/mol.